The van der Waals surface area contributed by atoms with Gasteiger partial charge in [-0.2, -0.15) is 0 Å². The third-order valence-electron chi connectivity index (χ3n) is 5.42. The number of piperidine rings is 1. The second-order valence-corrected chi connectivity index (χ2v) is 7.76. The van der Waals surface area contributed by atoms with Crippen molar-refractivity contribution in [1.82, 2.24) is 4.90 Å². The summed E-state index contributed by atoms with van der Waals surface area (Å²) in [6, 6.07) is 11.7. The predicted octanol–water partition coefficient (Wildman–Crippen LogP) is 4.75. The van der Waals surface area contributed by atoms with Gasteiger partial charge in [0.25, 0.3) is 5.91 Å². The number of carbonyl (C=O) groups excluding carboxylic acids is 2. The number of nitrogens with zero attached hydrogens (tertiary/aromatic N) is 1. The molecule has 1 heterocycles. The van der Waals surface area contributed by atoms with Gasteiger partial charge in [-0.1, -0.05) is 32.0 Å². The fourth-order valence-electron chi connectivity index (χ4n) is 3.69. The van der Waals surface area contributed by atoms with Crippen molar-refractivity contribution in [2.24, 2.45) is 5.92 Å². The highest BCUT2D eigenvalue weighted by atomic mass is 19.1. The average Bonchev–Trinajstić information content (AvgIpc) is 2.69. The van der Waals surface area contributed by atoms with Crippen molar-refractivity contribution in [1.29, 1.82) is 0 Å². The second-order valence-electron chi connectivity index (χ2n) is 7.76. The predicted molar refractivity (Wildman–Crippen MR) is 109 cm³/mol. The molecule has 0 saturated carbocycles. The Hall–Kier alpha value is -2.69. The quantitative estimate of drug-likeness (QED) is 0.830. The van der Waals surface area contributed by atoms with Crippen LogP contribution in [0.4, 0.5) is 10.1 Å². The van der Waals surface area contributed by atoms with Crippen LogP contribution in [0.1, 0.15) is 54.1 Å². The number of rotatable bonds is 4. The Morgan fingerprint density at radius 1 is 1.07 bits per heavy atom. The monoisotopic (exact) mass is 382 g/mol. The highest BCUT2D eigenvalue weighted by Gasteiger charge is 2.28. The minimum absolute atomic E-state index is 0.0186. The molecule has 1 aliphatic rings. The SMILES string of the molecule is Cc1cccc(C(C)C)c1NC(=O)C1CCN(C(=O)c2ccc(F)cc2)CC1. The number of nitrogens with one attached hydrogen (secondary N) is 1. The molecule has 4 nitrogen and oxygen atoms in total. The maximum absolute atomic E-state index is 13.0. The van der Waals surface area contributed by atoms with Gasteiger partial charge in [-0.15, -0.1) is 0 Å². The van der Waals surface area contributed by atoms with Gasteiger partial charge in [0.15, 0.2) is 0 Å². The number of anilines is 1. The van der Waals surface area contributed by atoms with Gasteiger partial charge in [0.05, 0.1) is 0 Å². The van der Waals surface area contributed by atoms with Crippen molar-refractivity contribution in [2.45, 2.75) is 39.5 Å². The Morgan fingerprint density at radius 3 is 2.32 bits per heavy atom. The van der Waals surface area contributed by atoms with Crippen LogP contribution in [0.3, 0.4) is 0 Å². The number of hydrogen-bond donors (Lipinski definition) is 1. The van der Waals surface area contributed by atoms with Crippen molar-refractivity contribution < 1.29 is 14.0 Å². The zero-order valence-electron chi connectivity index (χ0n) is 16.7. The van der Waals surface area contributed by atoms with Gasteiger partial charge in [-0.05, 0) is 61.1 Å². The number of benzene rings is 2. The van der Waals surface area contributed by atoms with Crippen LogP contribution in [0.2, 0.25) is 0 Å². The zero-order valence-corrected chi connectivity index (χ0v) is 16.7. The van der Waals surface area contributed by atoms with Crippen LogP contribution in [0.5, 0.6) is 0 Å². The molecule has 1 fully saturated rings. The third kappa shape index (κ3) is 4.41. The molecule has 2 amide bonds. The number of halogens is 1. The summed E-state index contributed by atoms with van der Waals surface area (Å²) in [6.45, 7) is 7.29. The summed E-state index contributed by atoms with van der Waals surface area (Å²) in [6.07, 6.45) is 1.25. The van der Waals surface area contributed by atoms with Gasteiger partial charge in [-0.25, -0.2) is 4.39 Å². The fraction of sp³-hybridized carbons (Fsp3) is 0.391. The Bertz CT molecular complexity index is 853. The summed E-state index contributed by atoms with van der Waals surface area (Å²) in [7, 11) is 0. The summed E-state index contributed by atoms with van der Waals surface area (Å²) in [5.74, 6) is -0.240. The smallest absolute Gasteiger partial charge is 0.253 e. The lowest BCUT2D eigenvalue weighted by atomic mass is 9.93. The molecule has 1 saturated heterocycles. The lowest BCUT2D eigenvalue weighted by Gasteiger charge is -2.31. The topological polar surface area (TPSA) is 49.4 Å². The standard InChI is InChI=1S/C23H27FN2O2/c1-15(2)20-6-4-5-16(3)21(20)25-22(27)17-11-13-26(14-12-17)23(28)18-7-9-19(24)10-8-18/h4-10,15,17H,11-14H2,1-3H3,(H,25,27). The molecule has 0 radical (unpaired) electrons. The van der Waals surface area contributed by atoms with E-state index in [1.807, 2.05) is 19.1 Å². The number of likely N-dealkylation sites (tertiary alicyclic amines) is 1. The van der Waals surface area contributed by atoms with Crippen molar-refractivity contribution in [2.75, 3.05) is 18.4 Å². The molecule has 0 aliphatic carbocycles. The molecule has 28 heavy (non-hydrogen) atoms. The lowest BCUT2D eigenvalue weighted by Crippen LogP contribution is -2.41. The summed E-state index contributed by atoms with van der Waals surface area (Å²) in [5.41, 5.74) is 3.58. The van der Waals surface area contributed by atoms with E-state index in [1.54, 1.807) is 4.90 Å². The fourth-order valence-corrected chi connectivity index (χ4v) is 3.69. The lowest BCUT2D eigenvalue weighted by molar-refractivity contribution is -0.121. The molecule has 2 aromatic rings. The highest BCUT2D eigenvalue weighted by molar-refractivity contribution is 5.96. The van der Waals surface area contributed by atoms with E-state index in [1.165, 1.54) is 24.3 Å². The van der Waals surface area contributed by atoms with Crippen LogP contribution in [0.15, 0.2) is 42.5 Å². The number of para-hydroxylation sites is 1. The van der Waals surface area contributed by atoms with Crippen LogP contribution >= 0.6 is 0 Å². The van der Waals surface area contributed by atoms with Crippen molar-refractivity contribution in [3.8, 4) is 0 Å². The van der Waals surface area contributed by atoms with Crippen LogP contribution in [0.25, 0.3) is 0 Å². The summed E-state index contributed by atoms with van der Waals surface area (Å²) in [4.78, 5) is 27.1. The van der Waals surface area contributed by atoms with Crippen LogP contribution < -0.4 is 5.32 Å². The van der Waals surface area contributed by atoms with Gasteiger partial charge in [0.1, 0.15) is 5.82 Å². The Balaban J connectivity index is 1.62. The average molecular weight is 382 g/mol. The highest BCUT2D eigenvalue weighted by Crippen LogP contribution is 2.29. The number of amides is 2. The molecule has 1 N–H and O–H groups in total. The normalized spacial score (nSPS) is 15.0. The Labute approximate surface area is 165 Å². The molecule has 0 unspecified atom stereocenters. The first-order chi connectivity index (χ1) is 13.4. The Kier molecular flexibility index (Phi) is 6.12. The van der Waals surface area contributed by atoms with Crippen LogP contribution in [0, 0.1) is 18.7 Å². The maximum Gasteiger partial charge on any atom is 0.253 e. The largest absolute Gasteiger partial charge is 0.339 e. The molecule has 0 spiro atoms. The minimum Gasteiger partial charge on any atom is -0.339 e. The van der Waals surface area contributed by atoms with E-state index in [2.05, 4.69) is 25.2 Å². The molecular weight excluding hydrogens is 355 g/mol. The molecule has 1 aliphatic heterocycles. The zero-order chi connectivity index (χ0) is 20.3. The van der Waals surface area contributed by atoms with Gasteiger partial charge in [0, 0.05) is 30.3 Å². The molecule has 2 aromatic carbocycles. The van der Waals surface area contributed by atoms with E-state index in [-0.39, 0.29) is 23.5 Å². The first-order valence-electron chi connectivity index (χ1n) is 9.82. The summed E-state index contributed by atoms with van der Waals surface area (Å²) in [5, 5.41) is 3.13. The molecular formula is C23H27FN2O2. The van der Waals surface area contributed by atoms with Crippen molar-refractivity contribution in [3.05, 3.63) is 65.0 Å². The number of aryl methyl sites for hydroxylation is 1. The van der Waals surface area contributed by atoms with E-state index in [9.17, 15) is 14.0 Å². The van der Waals surface area contributed by atoms with Gasteiger partial charge >= 0.3 is 0 Å². The first kappa shape index (κ1) is 20.1. The van der Waals surface area contributed by atoms with E-state index in [0.29, 0.717) is 37.4 Å². The molecule has 0 atom stereocenters. The first-order valence-corrected chi connectivity index (χ1v) is 9.82. The third-order valence-corrected chi connectivity index (χ3v) is 5.42. The van der Waals surface area contributed by atoms with Gasteiger partial charge in [-0.3, -0.25) is 9.59 Å². The van der Waals surface area contributed by atoms with Crippen LogP contribution in [-0.2, 0) is 4.79 Å². The van der Waals surface area contributed by atoms with E-state index < -0.39 is 0 Å². The molecule has 5 heteroatoms. The summed E-state index contributed by atoms with van der Waals surface area (Å²) >= 11 is 0. The van der Waals surface area contributed by atoms with E-state index in [4.69, 9.17) is 0 Å². The van der Waals surface area contributed by atoms with Crippen molar-refractivity contribution >= 4 is 17.5 Å². The number of hydrogen-bond acceptors (Lipinski definition) is 2. The van der Waals surface area contributed by atoms with Gasteiger partial charge in [0.2, 0.25) is 5.91 Å². The second kappa shape index (κ2) is 8.55. The Morgan fingerprint density at radius 2 is 1.71 bits per heavy atom. The maximum atomic E-state index is 13.0. The van der Waals surface area contributed by atoms with Crippen molar-refractivity contribution in [3.63, 3.8) is 0 Å². The van der Waals surface area contributed by atoms with E-state index in [0.717, 1.165) is 16.8 Å². The molecule has 0 aromatic heterocycles. The molecule has 0 bridgehead atoms. The molecule has 3 rings (SSSR count). The summed E-state index contributed by atoms with van der Waals surface area (Å²) < 4.78 is 13.0. The molecule has 148 valence electrons. The van der Waals surface area contributed by atoms with E-state index >= 15 is 0 Å². The van der Waals surface area contributed by atoms with Gasteiger partial charge < -0.3 is 10.2 Å². The minimum atomic E-state index is -0.357. The van der Waals surface area contributed by atoms with Crippen LogP contribution in [-0.4, -0.2) is 29.8 Å². The number of carbonyl (C=O) groups is 2.